The fourth-order valence-electron chi connectivity index (χ4n) is 2.98. The second-order valence-electron chi connectivity index (χ2n) is 6.79. The molecule has 0 unspecified atom stereocenters. The van der Waals surface area contributed by atoms with Crippen molar-refractivity contribution in [2.45, 2.75) is 0 Å². The minimum Gasteiger partial charge on any atom is -0.355 e. The van der Waals surface area contributed by atoms with Crippen molar-refractivity contribution in [2.24, 2.45) is 0 Å². The molecule has 26 heavy (non-hydrogen) atoms. The van der Waals surface area contributed by atoms with Gasteiger partial charge < -0.3 is 15.1 Å². The third-order valence-corrected chi connectivity index (χ3v) is 4.82. The van der Waals surface area contributed by atoms with Crippen molar-refractivity contribution in [3.63, 3.8) is 0 Å². The normalized spacial score (nSPS) is 15.7. The van der Waals surface area contributed by atoms with Gasteiger partial charge in [-0.2, -0.15) is 0 Å². The van der Waals surface area contributed by atoms with Gasteiger partial charge in [-0.25, -0.2) is 0 Å². The Morgan fingerprint density at radius 1 is 1.08 bits per heavy atom. The van der Waals surface area contributed by atoms with Crippen molar-refractivity contribution in [1.82, 2.24) is 9.80 Å². The second kappa shape index (κ2) is 8.34. The minimum absolute atomic E-state index is 0.113. The van der Waals surface area contributed by atoms with Crippen LogP contribution in [0.2, 0.25) is 0 Å². The average molecular weight is 350 g/mol. The van der Waals surface area contributed by atoms with Crippen LogP contribution < -0.4 is 10.2 Å². The van der Waals surface area contributed by atoms with E-state index in [4.69, 9.17) is 6.92 Å². The zero-order valence-electron chi connectivity index (χ0n) is 15.5. The molecule has 1 saturated heterocycles. The van der Waals surface area contributed by atoms with Crippen LogP contribution in [0.25, 0.3) is 0 Å². The first-order valence-electron chi connectivity index (χ1n) is 8.92. The van der Waals surface area contributed by atoms with Gasteiger partial charge in [0.1, 0.15) is 0 Å². The van der Waals surface area contributed by atoms with Crippen molar-refractivity contribution < 1.29 is 4.79 Å². The largest absolute Gasteiger partial charge is 0.355 e. The van der Waals surface area contributed by atoms with Crippen LogP contribution in [0.5, 0.6) is 0 Å². The summed E-state index contributed by atoms with van der Waals surface area (Å²) >= 11 is 0. The molecule has 2 aromatic rings. The molecule has 0 atom stereocenters. The Morgan fingerprint density at radius 3 is 2.38 bits per heavy atom. The fraction of sp³-hybridized carbons (Fsp3) is 0.333. The van der Waals surface area contributed by atoms with Gasteiger partial charge in [0, 0.05) is 57.2 Å². The van der Waals surface area contributed by atoms with E-state index >= 15 is 0 Å². The lowest BCUT2D eigenvalue weighted by Crippen LogP contribution is -2.48. The van der Waals surface area contributed by atoms with Crippen molar-refractivity contribution in [3.8, 4) is 0 Å². The van der Waals surface area contributed by atoms with E-state index in [1.807, 2.05) is 55.6 Å². The number of amides is 1. The Morgan fingerprint density at radius 2 is 1.73 bits per heavy atom. The highest BCUT2D eigenvalue weighted by atomic mass is 16.2. The minimum atomic E-state index is 0.113. The van der Waals surface area contributed by atoms with Crippen molar-refractivity contribution in [1.29, 1.82) is 0 Å². The summed E-state index contributed by atoms with van der Waals surface area (Å²) in [6, 6.07) is 15.5. The molecule has 0 aliphatic carbocycles. The zero-order chi connectivity index (χ0) is 18.5. The number of hydrogen-bond donors (Lipinski definition) is 1. The molecule has 136 valence electrons. The highest BCUT2D eigenvalue weighted by Crippen LogP contribution is 2.22. The number of nitrogens with zero attached hydrogens (tertiary/aromatic N) is 3. The first kappa shape index (κ1) is 18.4. The zero-order valence-corrected chi connectivity index (χ0v) is 15.5. The Bertz CT molecular complexity index is 736. The highest BCUT2D eigenvalue weighted by Gasteiger charge is 2.19. The quantitative estimate of drug-likeness (QED) is 0.900. The summed E-state index contributed by atoms with van der Waals surface area (Å²) in [5, 5.41) is 3.30. The van der Waals surface area contributed by atoms with Crippen molar-refractivity contribution in [3.05, 3.63) is 61.0 Å². The van der Waals surface area contributed by atoms with Gasteiger partial charge in [-0.3, -0.25) is 9.69 Å². The number of carbonyl (C=O) groups is 1. The summed E-state index contributed by atoms with van der Waals surface area (Å²) in [6.45, 7) is 10.3. The van der Waals surface area contributed by atoms with Crippen LogP contribution in [-0.2, 0) is 4.79 Å². The molecule has 0 saturated carbocycles. The molecular formula is C21H26N4O. The Labute approximate surface area is 156 Å². The maximum absolute atomic E-state index is 12.6. The standard InChI is InChI=1S/C21H26N4O/c1-17-6-4-5-7-20(17)22-18-8-10-19(11-9-18)24(3)21(26)16-25-14-12-23(2)13-15-25/h1,4-11,22H,12-16H2,2-3H3. The number of rotatable bonds is 5. The third-order valence-electron chi connectivity index (χ3n) is 4.82. The van der Waals surface area contributed by atoms with Crippen LogP contribution in [0, 0.1) is 6.92 Å². The van der Waals surface area contributed by atoms with Crippen LogP contribution in [0.4, 0.5) is 17.1 Å². The van der Waals surface area contributed by atoms with Crippen LogP contribution in [0.15, 0.2) is 48.5 Å². The number of benzene rings is 2. The first-order chi connectivity index (χ1) is 12.5. The summed E-state index contributed by atoms with van der Waals surface area (Å²) in [5.41, 5.74) is 3.40. The number of nitrogens with one attached hydrogen (secondary N) is 1. The second-order valence-corrected chi connectivity index (χ2v) is 6.79. The molecule has 2 aromatic carbocycles. The highest BCUT2D eigenvalue weighted by molar-refractivity contribution is 5.94. The van der Waals surface area contributed by atoms with Crippen LogP contribution in [-0.4, -0.2) is 62.5 Å². The molecule has 2 radical (unpaired) electrons. The SMILES string of the molecule is [CH]c1ccccc1Nc1ccc(N(C)C(=O)CN2CCN(C)CC2)cc1. The van der Waals surface area contributed by atoms with Gasteiger partial charge in [-0.05, 0) is 42.9 Å². The predicted octanol–water partition coefficient (Wildman–Crippen LogP) is 2.70. The molecule has 5 nitrogen and oxygen atoms in total. The maximum Gasteiger partial charge on any atom is 0.240 e. The lowest BCUT2D eigenvalue weighted by atomic mass is 10.2. The van der Waals surface area contributed by atoms with E-state index in [0.717, 1.165) is 43.2 Å². The van der Waals surface area contributed by atoms with Gasteiger partial charge in [0.05, 0.1) is 6.54 Å². The van der Waals surface area contributed by atoms with E-state index in [-0.39, 0.29) is 5.91 Å². The third kappa shape index (κ3) is 4.62. The number of hydrogen-bond acceptors (Lipinski definition) is 4. The molecule has 0 bridgehead atoms. The Hall–Kier alpha value is -2.37. The van der Waals surface area contributed by atoms with Crippen LogP contribution in [0.1, 0.15) is 5.56 Å². The number of piperazine rings is 1. The van der Waals surface area contributed by atoms with E-state index in [1.165, 1.54) is 0 Å². The van der Waals surface area contributed by atoms with Gasteiger partial charge in [-0.15, -0.1) is 0 Å². The van der Waals surface area contributed by atoms with Crippen molar-refractivity contribution in [2.75, 3.05) is 57.0 Å². The summed E-state index contributed by atoms with van der Waals surface area (Å²) in [7, 11) is 3.94. The molecule has 1 aliphatic heterocycles. The summed E-state index contributed by atoms with van der Waals surface area (Å²) < 4.78 is 0. The molecule has 1 heterocycles. The molecule has 0 spiro atoms. The summed E-state index contributed by atoms with van der Waals surface area (Å²) in [6.07, 6.45) is 0. The van der Waals surface area contributed by atoms with Gasteiger partial charge in [0.15, 0.2) is 0 Å². The molecule has 5 heteroatoms. The molecule has 0 aromatic heterocycles. The lowest BCUT2D eigenvalue weighted by molar-refractivity contribution is -0.119. The average Bonchev–Trinajstić information content (AvgIpc) is 2.65. The molecule has 1 aliphatic rings. The summed E-state index contributed by atoms with van der Waals surface area (Å²) in [4.78, 5) is 18.8. The van der Waals surface area contributed by atoms with Gasteiger partial charge in [0.2, 0.25) is 5.91 Å². The lowest BCUT2D eigenvalue weighted by Gasteiger charge is -2.32. The van der Waals surface area contributed by atoms with Gasteiger partial charge in [0.25, 0.3) is 0 Å². The first-order valence-corrected chi connectivity index (χ1v) is 8.92. The number of para-hydroxylation sites is 1. The maximum atomic E-state index is 12.6. The molecule has 3 rings (SSSR count). The fourth-order valence-corrected chi connectivity index (χ4v) is 2.98. The number of anilines is 3. The monoisotopic (exact) mass is 350 g/mol. The van der Waals surface area contributed by atoms with Crippen molar-refractivity contribution >= 4 is 23.0 Å². The Balaban J connectivity index is 1.58. The van der Waals surface area contributed by atoms with Crippen LogP contribution >= 0.6 is 0 Å². The summed E-state index contributed by atoms with van der Waals surface area (Å²) in [5.74, 6) is 0.113. The molecule has 1 fully saturated rings. The smallest absolute Gasteiger partial charge is 0.240 e. The van der Waals surface area contributed by atoms with E-state index in [0.29, 0.717) is 12.1 Å². The van der Waals surface area contributed by atoms with E-state index < -0.39 is 0 Å². The van der Waals surface area contributed by atoms with Gasteiger partial charge in [-0.1, -0.05) is 18.2 Å². The van der Waals surface area contributed by atoms with Gasteiger partial charge >= 0.3 is 0 Å². The molecule has 1 N–H and O–H groups in total. The van der Waals surface area contributed by atoms with E-state index in [2.05, 4.69) is 22.2 Å². The molecular weight excluding hydrogens is 324 g/mol. The Kier molecular flexibility index (Phi) is 5.91. The molecule has 1 amide bonds. The van der Waals surface area contributed by atoms with E-state index in [1.54, 1.807) is 4.90 Å². The predicted molar refractivity (Wildman–Crippen MR) is 107 cm³/mol. The number of likely N-dealkylation sites (N-methyl/N-ethyl adjacent to an activating group) is 2. The topological polar surface area (TPSA) is 38.8 Å². The van der Waals surface area contributed by atoms with Crippen LogP contribution in [0.3, 0.4) is 0 Å². The number of carbonyl (C=O) groups excluding carboxylic acids is 1. The van der Waals surface area contributed by atoms with E-state index in [9.17, 15) is 4.79 Å².